The molecule has 1 fully saturated rings. The molecular formula is C30H51BN2O3Si2. The lowest BCUT2D eigenvalue weighted by molar-refractivity contribution is 0.00578. The van der Waals surface area contributed by atoms with Crippen LogP contribution < -0.4 is 5.59 Å². The Balaban J connectivity index is 2.14. The van der Waals surface area contributed by atoms with Crippen LogP contribution in [-0.2, 0) is 20.8 Å². The number of aromatic nitrogens is 2. The molecule has 1 aliphatic heterocycles. The molecule has 0 amide bonds. The van der Waals surface area contributed by atoms with E-state index in [0.29, 0.717) is 23.4 Å². The van der Waals surface area contributed by atoms with Crippen LogP contribution in [0.15, 0.2) is 18.2 Å². The van der Waals surface area contributed by atoms with Crippen molar-refractivity contribution in [2.24, 2.45) is 0 Å². The van der Waals surface area contributed by atoms with Crippen molar-refractivity contribution in [3.63, 3.8) is 0 Å². The zero-order valence-corrected chi connectivity index (χ0v) is 28.3. The molecule has 1 aliphatic rings. The van der Waals surface area contributed by atoms with Crippen LogP contribution in [0.2, 0.25) is 42.3 Å². The van der Waals surface area contributed by atoms with Crippen LogP contribution in [0.1, 0.15) is 74.8 Å². The monoisotopic (exact) mass is 554 g/mol. The van der Waals surface area contributed by atoms with Crippen molar-refractivity contribution in [1.82, 2.24) is 9.78 Å². The van der Waals surface area contributed by atoms with Gasteiger partial charge in [0, 0.05) is 25.6 Å². The quantitative estimate of drug-likeness (QED) is 0.187. The fraction of sp³-hybridized carbons (Fsp3) is 0.700. The maximum absolute atomic E-state index is 6.48. The van der Waals surface area contributed by atoms with E-state index in [9.17, 15) is 0 Å². The number of benzene rings is 1. The second kappa shape index (κ2) is 11.2. The fourth-order valence-electron chi connectivity index (χ4n) is 5.72. The minimum Gasteiger partial charge on any atom is -0.398 e. The second-order valence-electron chi connectivity index (χ2n) is 14.2. The molecule has 0 radical (unpaired) electrons. The Hall–Kier alpha value is -1.37. The van der Waals surface area contributed by atoms with Gasteiger partial charge in [0.25, 0.3) is 0 Å². The first kappa shape index (κ1) is 31.2. The van der Waals surface area contributed by atoms with E-state index in [2.05, 4.69) is 119 Å². The smallest absolute Gasteiger partial charge is 0.398 e. The molecule has 3 rings (SSSR count). The molecule has 38 heavy (non-hydrogen) atoms. The highest BCUT2D eigenvalue weighted by molar-refractivity contribution is 6.90. The number of hydrogen-bond donors (Lipinski definition) is 0. The van der Waals surface area contributed by atoms with Crippen LogP contribution >= 0.6 is 0 Å². The largest absolute Gasteiger partial charge is 0.517 e. The van der Waals surface area contributed by atoms with E-state index in [-0.39, 0.29) is 0 Å². The lowest BCUT2D eigenvalue weighted by atomic mass is 9.81. The van der Waals surface area contributed by atoms with Gasteiger partial charge in [0.15, 0.2) is 0 Å². The minimum atomic E-state index is -1.90. The van der Waals surface area contributed by atoms with Crippen molar-refractivity contribution >= 4 is 39.8 Å². The molecule has 0 unspecified atom stereocenters. The van der Waals surface area contributed by atoms with E-state index < -0.39 is 34.5 Å². The minimum absolute atomic E-state index is 0.403. The molecule has 0 saturated carbocycles. The van der Waals surface area contributed by atoms with E-state index in [0.717, 1.165) is 34.7 Å². The third-order valence-electron chi connectivity index (χ3n) is 8.77. The number of ether oxygens (including phenoxy) is 1. The molecule has 2 heterocycles. The van der Waals surface area contributed by atoms with Crippen LogP contribution in [0.4, 0.5) is 0 Å². The lowest BCUT2D eigenvalue weighted by Gasteiger charge is -2.38. The third-order valence-corrected chi connectivity index (χ3v) is 16.8. The normalized spacial score (nSPS) is 17.6. The van der Waals surface area contributed by atoms with Crippen molar-refractivity contribution in [2.45, 2.75) is 129 Å². The van der Waals surface area contributed by atoms with Gasteiger partial charge in [-0.2, -0.15) is 5.10 Å². The van der Waals surface area contributed by atoms with Gasteiger partial charge < -0.3 is 14.0 Å². The highest BCUT2D eigenvalue weighted by atomic mass is 28.3. The van der Waals surface area contributed by atoms with Crippen molar-refractivity contribution in [2.75, 3.05) is 6.61 Å². The molecule has 0 bridgehead atoms. The molecule has 0 atom stereocenters. The summed E-state index contributed by atoms with van der Waals surface area (Å²) in [5, 5.41) is 6.06. The fourth-order valence-corrected chi connectivity index (χ4v) is 11.7. The Kier molecular flexibility index (Phi) is 9.22. The van der Waals surface area contributed by atoms with Crippen molar-refractivity contribution in [1.29, 1.82) is 0 Å². The van der Waals surface area contributed by atoms with Crippen LogP contribution in [0.5, 0.6) is 0 Å². The van der Waals surface area contributed by atoms with E-state index in [4.69, 9.17) is 19.1 Å². The zero-order valence-electron chi connectivity index (χ0n) is 26.3. The first-order chi connectivity index (χ1) is 17.4. The molecule has 0 spiro atoms. The average molecular weight is 555 g/mol. The van der Waals surface area contributed by atoms with Gasteiger partial charge in [-0.1, -0.05) is 73.2 Å². The maximum Gasteiger partial charge on any atom is 0.517 e. The second-order valence-corrected chi connectivity index (χ2v) is 25.4. The van der Waals surface area contributed by atoms with E-state index in [1.165, 1.54) is 0 Å². The Bertz CT molecular complexity index is 1150. The molecule has 210 valence electrons. The maximum atomic E-state index is 6.48. The highest BCUT2D eigenvalue weighted by Crippen LogP contribution is 2.41. The predicted molar refractivity (Wildman–Crippen MR) is 167 cm³/mol. The van der Waals surface area contributed by atoms with Gasteiger partial charge in [0.2, 0.25) is 0 Å². The summed E-state index contributed by atoms with van der Waals surface area (Å²) in [5.74, 6) is 3.69. The van der Waals surface area contributed by atoms with Gasteiger partial charge in [0.1, 0.15) is 20.4 Å². The van der Waals surface area contributed by atoms with Crippen molar-refractivity contribution < 1.29 is 14.0 Å². The number of nitrogens with zero attached hydrogens (tertiary/aromatic N) is 2. The van der Waals surface area contributed by atoms with Crippen LogP contribution in [0, 0.1) is 11.5 Å². The summed E-state index contributed by atoms with van der Waals surface area (Å²) in [7, 11) is -3.63. The van der Waals surface area contributed by atoms with Gasteiger partial charge in [0.05, 0.1) is 16.7 Å². The molecule has 8 heteroatoms. The third kappa shape index (κ3) is 6.18. The highest BCUT2D eigenvalue weighted by Gasteiger charge is 2.53. The molecule has 0 aliphatic carbocycles. The first-order valence-corrected chi connectivity index (χ1v) is 20.3. The number of fused-ring (bicyclic) bond motifs is 1. The van der Waals surface area contributed by atoms with Gasteiger partial charge in [-0.05, 0) is 62.5 Å². The van der Waals surface area contributed by atoms with Crippen molar-refractivity contribution in [3.05, 3.63) is 23.8 Å². The van der Waals surface area contributed by atoms with Gasteiger partial charge >= 0.3 is 7.12 Å². The summed E-state index contributed by atoms with van der Waals surface area (Å²) < 4.78 is 21.1. The zero-order chi connectivity index (χ0) is 28.7. The van der Waals surface area contributed by atoms with Crippen LogP contribution in [0.25, 0.3) is 10.9 Å². The number of hydrogen-bond acceptors (Lipinski definition) is 4. The molecule has 0 N–H and O–H groups in total. The summed E-state index contributed by atoms with van der Waals surface area (Å²) in [6.07, 6.45) is 0. The van der Waals surface area contributed by atoms with Crippen LogP contribution in [-0.4, -0.2) is 50.9 Å². The Morgan fingerprint density at radius 1 is 0.947 bits per heavy atom. The molecular weight excluding hydrogens is 503 g/mol. The summed E-state index contributed by atoms with van der Waals surface area (Å²) in [5.41, 5.74) is 7.53. The molecule has 1 saturated heterocycles. The lowest BCUT2D eigenvalue weighted by Crippen LogP contribution is -2.43. The topological polar surface area (TPSA) is 45.5 Å². The van der Waals surface area contributed by atoms with Gasteiger partial charge in [-0.25, -0.2) is 4.68 Å². The van der Waals surface area contributed by atoms with Crippen molar-refractivity contribution in [3.8, 4) is 11.5 Å². The standard InChI is InChI=1S/C30H51BN2O3Si2/c1-22(2)38(23(3)4,24(5)6)19-17-25-15-14-16-26-27(25)28(31-35-29(7,8)30(9,10)36-31)32-33(26)21-34-18-20-37(11,12)13/h14-16,22-24H,18,20-21H2,1-13H3. The Morgan fingerprint density at radius 2 is 1.50 bits per heavy atom. The van der Waals surface area contributed by atoms with Gasteiger partial charge in [-0.15, -0.1) is 5.54 Å². The predicted octanol–water partition coefficient (Wildman–Crippen LogP) is 7.22. The summed E-state index contributed by atoms with van der Waals surface area (Å²) >= 11 is 0. The summed E-state index contributed by atoms with van der Waals surface area (Å²) in [4.78, 5) is 0. The van der Waals surface area contributed by atoms with E-state index in [1.54, 1.807) is 0 Å². The molecule has 5 nitrogen and oxygen atoms in total. The number of rotatable bonds is 9. The molecule has 1 aromatic carbocycles. The van der Waals surface area contributed by atoms with Crippen LogP contribution in [0.3, 0.4) is 0 Å². The molecule has 2 aromatic rings. The first-order valence-electron chi connectivity index (χ1n) is 14.4. The van der Waals surface area contributed by atoms with E-state index in [1.807, 2.05) is 4.68 Å². The SMILES string of the molecule is CC(C)[Si](C#Cc1cccc2c1c(B1OC(C)(C)C(C)(C)O1)nn2COCC[Si](C)(C)C)(C(C)C)C(C)C. The summed E-state index contributed by atoms with van der Waals surface area (Å²) in [6, 6.07) is 7.45. The summed E-state index contributed by atoms with van der Waals surface area (Å²) in [6.45, 7) is 30.7. The Labute approximate surface area is 234 Å². The van der Waals surface area contributed by atoms with Gasteiger partial charge in [-0.3, -0.25) is 0 Å². The average Bonchev–Trinajstić information content (AvgIpc) is 3.24. The molecule has 1 aromatic heterocycles. The Morgan fingerprint density at radius 3 is 2.00 bits per heavy atom. The van der Waals surface area contributed by atoms with E-state index >= 15 is 0 Å².